The molecule has 0 amide bonds. The van der Waals surface area contributed by atoms with Crippen LogP contribution in [0.4, 0.5) is 0 Å². The Morgan fingerprint density at radius 3 is 2.57 bits per heavy atom. The Morgan fingerprint density at radius 1 is 1.50 bits per heavy atom. The van der Waals surface area contributed by atoms with Crippen molar-refractivity contribution < 1.29 is 4.21 Å². The fourth-order valence-corrected chi connectivity index (χ4v) is 4.23. The molecule has 84 valence electrons. The molecule has 1 fully saturated rings. The summed E-state index contributed by atoms with van der Waals surface area (Å²) in [6, 6.07) is 0.577. The van der Waals surface area contributed by atoms with Crippen LogP contribution in [0.2, 0.25) is 0 Å². The van der Waals surface area contributed by atoms with Gasteiger partial charge in [-0.1, -0.05) is 20.8 Å². The molecule has 0 spiro atoms. The van der Waals surface area contributed by atoms with E-state index in [2.05, 4.69) is 26.1 Å². The molecule has 0 aromatic carbocycles. The van der Waals surface area contributed by atoms with E-state index in [4.69, 9.17) is 0 Å². The average molecular weight is 217 g/mol. The van der Waals surface area contributed by atoms with Crippen LogP contribution in [0, 0.1) is 5.92 Å². The molecule has 2 nitrogen and oxygen atoms in total. The van der Waals surface area contributed by atoms with Gasteiger partial charge in [-0.25, -0.2) is 0 Å². The van der Waals surface area contributed by atoms with Crippen LogP contribution in [0.25, 0.3) is 0 Å². The van der Waals surface area contributed by atoms with Gasteiger partial charge in [0.15, 0.2) is 0 Å². The number of hydrogen-bond donors (Lipinski definition) is 1. The van der Waals surface area contributed by atoms with Crippen molar-refractivity contribution in [3.05, 3.63) is 0 Å². The summed E-state index contributed by atoms with van der Waals surface area (Å²) in [4.78, 5) is 0. The zero-order valence-electron chi connectivity index (χ0n) is 9.75. The van der Waals surface area contributed by atoms with Gasteiger partial charge in [-0.15, -0.1) is 0 Å². The molecule has 0 aromatic rings. The van der Waals surface area contributed by atoms with E-state index in [9.17, 15) is 4.21 Å². The van der Waals surface area contributed by atoms with Crippen LogP contribution in [-0.2, 0) is 10.8 Å². The van der Waals surface area contributed by atoms with Crippen LogP contribution in [-0.4, -0.2) is 27.8 Å². The SMILES string of the molecule is CCC(C)S(=O)C1CCC(NC)C1C. The molecule has 1 aliphatic carbocycles. The van der Waals surface area contributed by atoms with Gasteiger partial charge < -0.3 is 5.32 Å². The molecule has 0 bridgehead atoms. The monoisotopic (exact) mass is 217 g/mol. The normalized spacial score (nSPS) is 37.0. The molecule has 1 rings (SSSR count). The summed E-state index contributed by atoms with van der Waals surface area (Å²) in [6.07, 6.45) is 3.34. The summed E-state index contributed by atoms with van der Waals surface area (Å²) in [6.45, 7) is 6.46. The molecule has 1 aliphatic rings. The Balaban J connectivity index is 2.58. The summed E-state index contributed by atoms with van der Waals surface area (Å²) in [7, 11) is 1.38. The standard InChI is InChI=1S/C11H23NOS/c1-5-8(2)14(13)11-7-6-10(12-4)9(11)3/h8-12H,5-7H2,1-4H3. The van der Waals surface area contributed by atoms with Crippen LogP contribution in [0.5, 0.6) is 0 Å². The average Bonchev–Trinajstić information content (AvgIpc) is 2.57. The quantitative estimate of drug-likeness (QED) is 0.779. The van der Waals surface area contributed by atoms with Gasteiger partial charge in [0.1, 0.15) is 0 Å². The van der Waals surface area contributed by atoms with Gasteiger partial charge in [0.25, 0.3) is 0 Å². The van der Waals surface area contributed by atoms with E-state index in [1.165, 1.54) is 6.42 Å². The van der Waals surface area contributed by atoms with Gasteiger partial charge in [-0.2, -0.15) is 0 Å². The lowest BCUT2D eigenvalue weighted by Gasteiger charge is -2.22. The van der Waals surface area contributed by atoms with Gasteiger partial charge in [-0.05, 0) is 32.2 Å². The zero-order valence-corrected chi connectivity index (χ0v) is 10.6. The van der Waals surface area contributed by atoms with Crippen molar-refractivity contribution in [2.45, 2.75) is 56.6 Å². The third-order valence-corrected chi connectivity index (χ3v) is 6.01. The van der Waals surface area contributed by atoms with Crippen LogP contribution in [0.3, 0.4) is 0 Å². The second-order valence-electron chi connectivity index (χ2n) is 4.42. The molecule has 0 aliphatic heterocycles. The van der Waals surface area contributed by atoms with Gasteiger partial charge in [0.05, 0.1) is 0 Å². The predicted octanol–water partition coefficient (Wildman–Crippen LogP) is 1.92. The maximum absolute atomic E-state index is 12.1. The van der Waals surface area contributed by atoms with E-state index in [-0.39, 0.29) is 0 Å². The van der Waals surface area contributed by atoms with Gasteiger partial charge >= 0.3 is 0 Å². The molecule has 1 N–H and O–H groups in total. The first kappa shape index (κ1) is 12.2. The lowest BCUT2D eigenvalue weighted by atomic mass is 10.1. The Kier molecular flexibility index (Phi) is 4.58. The second-order valence-corrected chi connectivity index (χ2v) is 6.48. The van der Waals surface area contributed by atoms with Gasteiger partial charge in [0, 0.05) is 27.3 Å². The molecule has 3 heteroatoms. The van der Waals surface area contributed by atoms with Gasteiger partial charge in [0.2, 0.25) is 0 Å². The smallest absolute Gasteiger partial charge is 0.0391 e. The van der Waals surface area contributed by atoms with Gasteiger partial charge in [-0.3, -0.25) is 4.21 Å². The van der Waals surface area contributed by atoms with Crippen LogP contribution in [0.1, 0.15) is 40.0 Å². The van der Waals surface area contributed by atoms with Crippen molar-refractivity contribution in [1.82, 2.24) is 5.32 Å². The van der Waals surface area contributed by atoms with E-state index >= 15 is 0 Å². The molecule has 0 radical (unpaired) electrons. The topological polar surface area (TPSA) is 29.1 Å². The summed E-state index contributed by atoms with van der Waals surface area (Å²) in [5.74, 6) is 0.565. The van der Waals surface area contributed by atoms with Crippen molar-refractivity contribution in [2.75, 3.05) is 7.05 Å². The van der Waals surface area contributed by atoms with E-state index in [1.807, 2.05) is 7.05 Å². The first-order valence-electron chi connectivity index (χ1n) is 5.68. The molecule has 5 unspecified atom stereocenters. The lowest BCUT2D eigenvalue weighted by molar-refractivity contribution is 0.459. The molecule has 14 heavy (non-hydrogen) atoms. The van der Waals surface area contributed by atoms with Crippen molar-refractivity contribution in [3.63, 3.8) is 0 Å². The zero-order chi connectivity index (χ0) is 10.7. The summed E-state index contributed by atoms with van der Waals surface area (Å²) in [5, 5.41) is 4.10. The highest BCUT2D eigenvalue weighted by Crippen LogP contribution is 2.31. The Morgan fingerprint density at radius 2 is 2.14 bits per heavy atom. The Bertz CT molecular complexity index is 207. The van der Waals surface area contributed by atoms with Crippen LogP contribution >= 0.6 is 0 Å². The maximum Gasteiger partial charge on any atom is 0.0391 e. The molecule has 1 saturated carbocycles. The van der Waals surface area contributed by atoms with E-state index in [1.54, 1.807) is 0 Å². The van der Waals surface area contributed by atoms with Crippen LogP contribution in [0.15, 0.2) is 0 Å². The predicted molar refractivity (Wildman–Crippen MR) is 62.9 cm³/mol. The third kappa shape index (κ3) is 2.37. The molecule has 0 heterocycles. The molecule has 5 atom stereocenters. The number of hydrogen-bond acceptors (Lipinski definition) is 2. The second kappa shape index (κ2) is 5.26. The van der Waals surface area contributed by atoms with Crippen molar-refractivity contribution in [3.8, 4) is 0 Å². The molecule has 0 aromatic heterocycles. The largest absolute Gasteiger partial charge is 0.317 e. The van der Waals surface area contributed by atoms with E-state index in [0.717, 1.165) is 12.8 Å². The highest BCUT2D eigenvalue weighted by molar-refractivity contribution is 7.86. The molecular weight excluding hydrogens is 194 g/mol. The Labute approximate surface area is 90.3 Å². The van der Waals surface area contributed by atoms with E-state index in [0.29, 0.717) is 22.5 Å². The van der Waals surface area contributed by atoms with Crippen molar-refractivity contribution in [1.29, 1.82) is 0 Å². The van der Waals surface area contributed by atoms with Crippen LogP contribution < -0.4 is 5.32 Å². The molecule has 0 saturated heterocycles. The number of nitrogens with one attached hydrogen (secondary N) is 1. The Hall–Kier alpha value is 0.110. The maximum atomic E-state index is 12.1. The number of rotatable bonds is 4. The first-order chi connectivity index (χ1) is 6.61. The fraction of sp³-hybridized carbons (Fsp3) is 1.00. The summed E-state index contributed by atoms with van der Waals surface area (Å²) < 4.78 is 12.1. The van der Waals surface area contributed by atoms with Crippen molar-refractivity contribution >= 4 is 10.8 Å². The third-order valence-electron chi connectivity index (χ3n) is 3.62. The minimum absolute atomic E-state index is 0.359. The minimum Gasteiger partial charge on any atom is -0.317 e. The molecular formula is C11H23NOS. The highest BCUT2D eigenvalue weighted by atomic mass is 32.2. The fourth-order valence-electron chi connectivity index (χ4n) is 2.33. The summed E-state index contributed by atoms with van der Waals surface area (Å²) >= 11 is 0. The lowest BCUT2D eigenvalue weighted by Crippen LogP contribution is -2.34. The highest BCUT2D eigenvalue weighted by Gasteiger charge is 2.36. The first-order valence-corrected chi connectivity index (χ1v) is 6.96. The minimum atomic E-state index is -0.633. The summed E-state index contributed by atoms with van der Waals surface area (Å²) in [5.41, 5.74) is 0. The van der Waals surface area contributed by atoms with Crippen molar-refractivity contribution in [2.24, 2.45) is 5.92 Å². The van der Waals surface area contributed by atoms with E-state index < -0.39 is 10.8 Å².